The second-order valence-electron chi connectivity index (χ2n) is 4.64. The van der Waals surface area contributed by atoms with Crippen molar-refractivity contribution in [3.05, 3.63) is 34.6 Å². The predicted molar refractivity (Wildman–Crippen MR) is 67.1 cm³/mol. The molecule has 4 nitrogen and oxygen atoms in total. The molecule has 0 bridgehead atoms. The smallest absolute Gasteiger partial charge is 0.255 e. The number of carbonyl (C=O) groups excluding carboxylic acids is 1. The Bertz CT molecular complexity index is 528. The highest BCUT2D eigenvalue weighted by atomic mass is 19.1. The molecule has 1 aliphatic heterocycles. The van der Waals surface area contributed by atoms with E-state index < -0.39 is 6.04 Å². The zero-order valence-corrected chi connectivity index (χ0v) is 10.9. The fourth-order valence-electron chi connectivity index (χ4n) is 2.19. The summed E-state index contributed by atoms with van der Waals surface area (Å²) < 4.78 is 18.7. The first-order chi connectivity index (χ1) is 9.04. The fourth-order valence-corrected chi connectivity index (χ4v) is 2.19. The van der Waals surface area contributed by atoms with Gasteiger partial charge in [0, 0.05) is 12.1 Å². The Labute approximate surface area is 111 Å². The van der Waals surface area contributed by atoms with Crippen LogP contribution in [-0.4, -0.2) is 36.6 Å². The van der Waals surface area contributed by atoms with E-state index in [4.69, 9.17) is 10.00 Å². The number of morpholine rings is 1. The van der Waals surface area contributed by atoms with Gasteiger partial charge in [-0.3, -0.25) is 4.79 Å². The van der Waals surface area contributed by atoms with Gasteiger partial charge < -0.3 is 9.64 Å². The molecule has 1 aromatic rings. The second-order valence-corrected chi connectivity index (χ2v) is 4.64. The van der Waals surface area contributed by atoms with Crippen LogP contribution in [0, 0.1) is 31.0 Å². The molecule has 1 aliphatic rings. The molecule has 1 fully saturated rings. The third kappa shape index (κ3) is 2.59. The van der Waals surface area contributed by atoms with Gasteiger partial charge in [0.1, 0.15) is 11.9 Å². The maximum Gasteiger partial charge on any atom is 0.255 e. The molecule has 0 saturated carbocycles. The topological polar surface area (TPSA) is 53.3 Å². The Morgan fingerprint density at radius 3 is 2.68 bits per heavy atom. The molecule has 1 atom stereocenters. The number of rotatable bonds is 1. The van der Waals surface area contributed by atoms with Crippen LogP contribution in [0.2, 0.25) is 0 Å². The standard InChI is InChI=1S/C14H15FN2O2/c1-9-5-11(6-10(2)13(9)15)14(18)17-3-4-19-8-12(17)7-16/h5-6,12H,3-4,8H2,1-2H3/t12-/m0/s1. The summed E-state index contributed by atoms with van der Waals surface area (Å²) in [6, 6.07) is 4.52. The molecule has 0 N–H and O–H groups in total. The maximum atomic E-state index is 13.6. The molecule has 1 saturated heterocycles. The van der Waals surface area contributed by atoms with Crippen molar-refractivity contribution in [2.45, 2.75) is 19.9 Å². The number of halogens is 1. The lowest BCUT2D eigenvalue weighted by molar-refractivity contribution is 0.0132. The molecule has 0 aromatic heterocycles. The van der Waals surface area contributed by atoms with Gasteiger partial charge in [0.15, 0.2) is 0 Å². The average Bonchev–Trinajstić information content (AvgIpc) is 2.43. The van der Waals surface area contributed by atoms with E-state index in [1.807, 2.05) is 0 Å². The van der Waals surface area contributed by atoms with Crippen LogP contribution in [-0.2, 0) is 4.74 Å². The molecule has 1 heterocycles. The van der Waals surface area contributed by atoms with Gasteiger partial charge in [0.2, 0.25) is 0 Å². The molecule has 1 amide bonds. The highest BCUT2D eigenvalue weighted by Crippen LogP contribution is 2.18. The van der Waals surface area contributed by atoms with E-state index in [0.717, 1.165) is 0 Å². The number of carbonyl (C=O) groups is 1. The zero-order valence-electron chi connectivity index (χ0n) is 10.9. The van der Waals surface area contributed by atoms with Crippen molar-refractivity contribution in [1.29, 1.82) is 5.26 Å². The number of hydrogen-bond acceptors (Lipinski definition) is 3. The minimum absolute atomic E-state index is 0.224. The van der Waals surface area contributed by atoms with Crippen LogP contribution in [0.5, 0.6) is 0 Å². The lowest BCUT2D eigenvalue weighted by Crippen LogP contribution is -2.48. The summed E-state index contributed by atoms with van der Waals surface area (Å²) in [5, 5.41) is 9.03. The van der Waals surface area contributed by atoms with Crippen LogP contribution in [0.15, 0.2) is 12.1 Å². The number of benzene rings is 1. The highest BCUT2D eigenvalue weighted by Gasteiger charge is 2.28. The first-order valence-electron chi connectivity index (χ1n) is 6.09. The molecule has 1 aromatic carbocycles. The quantitative estimate of drug-likeness (QED) is 0.775. The van der Waals surface area contributed by atoms with E-state index in [9.17, 15) is 9.18 Å². The van der Waals surface area contributed by atoms with Gasteiger partial charge in [-0.1, -0.05) is 0 Å². The number of ether oxygens (including phenoxy) is 1. The van der Waals surface area contributed by atoms with Crippen LogP contribution in [0.3, 0.4) is 0 Å². The van der Waals surface area contributed by atoms with Crippen molar-refractivity contribution in [1.82, 2.24) is 4.90 Å². The van der Waals surface area contributed by atoms with Crippen molar-refractivity contribution in [2.75, 3.05) is 19.8 Å². The molecule has 0 unspecified atom stereocenters. The summed E-state index contributed by atoms with van der Waals surface area (Å²) >= 11 is 0. The zero-order chi connectivity index (χ0) is 14.0. The van der Waals surface area contributed by atoms with E-state index in [0.29, 0.717) is 29.8 Å². The predicted octanol–water partition coefficient (Wildman–Crippen LogP) is 1.81. The number of nitriles is 1. The molecule has 0 spiro atoms. The Balaban J connectivity index is 2.31. The van der Waals surface area contributed by atoms with E-state index >= 15 is 0 Å². The van der Waals surface area contributed by atoms with E-state index in [-0.39, 0.29) is 18.3 Å². The minimum atomic E-state index is -0.577. The summed E-state index contributed by atoms with van der Waals surface area (Å²) in [6.07, 6.45) is 0. The maximum absolute atomic E-state index is 13.6. The largest absolute Gasteiger partial charge is 0.376 e. The van der Waals surface area contributed by atoms with Gasteiger partial charge in [-0.05, 0) is 37.1 Å². The van der Waals surface area contributed by atoms with Gasteiger partial charge in [-0.15, -0.1) is 0 Å². The van der Waals surface area contributed by atoms with E-state index in [1.165, 1.54) is 17.0 Å². The van der Waals surface area contributed by atoms with E-state index in [1.54, 1.807) is 13.8 Å². The van der Waals surface area contributed by atoms with Crippen molar-refractivity contribution in [2.24, 2.45) is 0 Å². The fraction of sp³-hybridized carbons (Fsp3) is 0.429. The van der Waals surface area contributed by atoms with Gasteiger partial charge in [0.05, 0.1) is 19.3 Å². The van der Waals surface area contributed by atoms with Gasteiger partial charge in [-0.2, -0.15) is 5.26 Å². The Kier molecular flexibility index (Phi) is 3.82. The Morgan fingerprint density at radius 2 is 2.11 bits per heavy atom. The molecular weight excluding hydrogens is 247 g/mol. The first-order valence-corrected chi connectivity index (χ1v) is 6.09. The molecule has 0 radical (unpaired) electrons. The van der Waals surface area contributed by atoms with Crippen LogP contribution in [0.4, 0.5) is 4.39 Å². The van der Waals surface area contributed by atoms with Crippen molar-refractivity contribution >= 4 is 5.91 Å². The van der Waals surface area contributed by atoms with Crippen LogP contribution < -0.4 is 0 Å². The average molecular weight is 262 g/mol. The van der Waals surface area contributed by atoms with Crippen LogP contribution in [0.1, 0.15) is 21.5 Å². The summed E-state index contributed by atoms with van der Waals surface area (Å²) in [7, 11) is 0. The third-order valence-corrected chi connectivity index (χ3v) is 3.22. The van der Waals surface area contributed by atoms with Gasteiger partial charge in [-0.25, -0.2) is 4.39 Å². The number of amides is 1. The molecule has 100 valence electrons. The molecular formula is C14H15FN2O2. The van der Waals surface area contributed by atoms with Crippen LogP contribution >= 0.6 is 0 Å². The van der Waals surface area contributed by atoms with Gasteiger partial charge in [0.25, 0.3) is 5.91 Å². The van der Waals surface area contributed by atoms with Crippen LogP contribution in [0.25, 0.3) is 0 Å². The first kappa shape index (κ1) is 13.5. The van der Waals surface area contributed by atoms with Crippen molar-refractivity contribution < 1.29 is 13.9 Å². The normalized spacial score (nSPS) is 19.1. The summed E-state index contributed by atoms with van der Waals surface area (Å²) in [5.74, 6) is -0.545. The summed E-state index contributed by atoms with van der Waals surface area (Å²) in [4.78, 5) is 13.9. The minimum Gasteiger partial charge on any atom is -0.376 e. The van der Waals surface area contributed by atoms with Gasteiger partial charge >= 0.3 is 0 Å². The summed E-state index contributed by atoms with van der Waals surface area (Å²) in [5.41, 5.74) is 1.29. The SMILES string of the molecule is Cc1cc(C(=O)N2CCOC[C@@H]2C#N)cc(C)c1F. The molecule has 19 heavy (non-hydrogen) atoms. The van der Waals surface area contributed by atoms with E-state index in [2.05, 4.69) is 6.07 Å². The second kappa shape index (κ2) is 5.37. The number of nitrogens with zero attached hydrogens (tertiary/aromatic N) is 2. The number of aryl methyl sites for hydroxylation is 2. The molecule has 5 heteroatoms. The Morgan fingerprint density at radius 1 is 1.47 bits per heavy atom. The monoisotopic (exact) mass is 262 g/mol. The third-order valence-electron chi connectivity index (χ3n) is 3.22. The molecule has 2 rings (SSSR count). The molecule has 0 aliphatic carbocycles. The highest BCUT2D eigenvalue weighted by molar-refractivity contribution is 5.95. The lowest BCUT2D eigenvalue weighted by Gasteiger charge is -2.31. The summed E-state index contributed by atoms with van der Waals surface area (Å²) in [6.45, 7) is 4.28. The Hall–Kier alpha value is -1.93. The lowest BCUT2D eigenvalue weighted by atomic mass is 10.0. The van der Waals surface area contributed by atoms with Crippen molar-refractivity contribution in [3.8, 4) is 6.07 Å². The van der Waals surface area contributed by atoms with Crippen molar-refractivity contribution in [3.63, 3.8) is 0 Å². The number of hydrogen-bond donors (Lipinski definition) is 0.